The summed E-state index contributed by atoms with van der Waals surface area (Å²) in [6.07, 6.45) is 0.701. The smallest absolute Gasteiger partial charge is 0.297 e. The molecule has 0 aliphatic carbocycles. The van der Waals surface area contributed by atoms with Crippen LogP contribution in [0.2, 0.25) is 0 Å². The van der Waals surface area contributed by atoms with Crippen LogP contribution in [0, 0.1) is 10.8 Å². The molecule has 0 radical (unpaired) electrons. The molecular weight excluding hydrogens is 210 g/mol. The van der Waals surface area contributed by atoms with Crippen molar-refractivity contribution in [2.75, 3.05) is 6.61 Å². The molecule has 0 rings (SSSR count). The Morgan fingerprint density at radius 1 is 1.82 bits per heavy atom. The molecule has 62 valence electrons. The maximum Gasteiger partial charge on any atom is 0.297 e. The SMILES string of the molecule is CC[C@H](CO)NC(=O)C#CBr. The van der Waals surface area contributed by atoms with Gasteiger partial charge in [-0.2, -0.15) is 0 Å². The zero-order chi connectivity index (χ0) is 8.69. The lowest BCUT2D eigenvalue weighted by atomic mass is 10.2. The summed E-state index contributed by atoms with van der Waals surface area (Å²) in [4.78, 5) is 13.0. The van der Waals surface area contributed by atoms with E-state index in [1.807, 2.05) is 6.92 Å². The highest BCUT2D eigenvalue weighted by molar-refractivity contribution is 9.12. The zero-order valence-corrected chi connectivity index (χ0v) is 7.81. The molecule has 0 bridgehead atoms. The predicted octanol–water partition coefficient (Wildman–Crippen LogP) is 0.229. The number of hydrogen-bond donors (Lipinski definition) is 2. The van der Waals surface area contributed by atoms with Crippen LogP contribution in [-0.2, 0) is 4.79 Å². The summed E-state index contributed by atoms with van der Waals surface area (Å²) in [6, 6.07) is -0.184. The zero-order valence-electron chi connectivity index (χ0n) is 6.22. The molecule has 0 unspecified atom stereocenters. The highest BCUT2D eigenvalue weighted by Crippen LogP contribution is 1.87. The first-order chi connectivity index (χ1) is 5.24. The molecule has 4 heteroatoms. The molecule has 11 heavy (non-hydrogen) atoms. The van der Waals surface area contributed by atoms with E-state index in [1.165, 1.54) is 0 Å². The maximum atomic E-state index is 10.7. The number of amides is 1. The Morgan fingerprint density at radius 3 is 2.82 bits per heavy atom. The molecule has 2 N–H and O–H groups in total. The molecule has 0 aromatic heterocycles. The van der Waals surface area contributed by atoms with Gasteiger partial charge in [0.25, 0.3) is 5.91 Å². The third-order valence-electron chi connectivity index (χ3n) is 1.21. The second-order valence-electron chi connectivity index (χ2n) is 1.98. The molecule has 0 aliphatic rings. The monoisotopic (exact) mass is 219 g/mol. The second-order valence-corrected chi connectivity index (χ2v) is 2.38. The molecule has 0 aromatic rings. The van der Waals surface area contributed by atoms with Crippen molar-refractivity contribution >= 4 is 21.8 Å². The van der Waals surface area contributed by atoms with E-state index in [0.29, 0.717) is 6.42 Å². The van der Waals surface area contributed by atoms with E-state index >= 15 is 0 Å². The van der Waals surface area contributed by atoms with Gasteiger partial charge in [-0.3, -0.25) is 4.79 Å². The largest absolute Gasteiger partial charge is 0.394 e. The summed E-state index contributed by atoms with van der Waals surface area (Å²) in [5.74, 6) is 1.88. The highest BCUT2D eigenvalue weighted by Gasteiger charge is 2.05. The number of rotatable bonds is 3. The van der Waals surface area contributed by atoms with Gasteiger partial charge in [0.15, 0.2) is 0 Å². The van der Waals surface area contributed by atoms with Crippen LogP contribution in [0.15, 0.2) is 0 Å². The Morgan fingerprint density at radius 2 is 2.45 bits per heavy atom. The number of halogens is 1. The molecule has 0 aliphatic heterocycles. The van der Waals surface area contributed by atoms with Crippen molar-refractivity contribution in [3.63, 3.8) is 0 Å². The molecular formula is C7H10BrNO2. The molecule has 0 spiro atoms. The van der Waals surface area contributed by atoms with E-state index in [4.69, 9.17) is 5.11 Å². The van der Waals surface area contributed by atoms with Crippen molar-refractivity contribution in [2.24, 2.45) is 0 Å². The average Bonchev–Trinajstić information content (AvgIpc) is 2.01. The van der Waals surface area contributed by atoms with Gasteiger partial charge in [-0.15, -0.1) is 0 Å². The number of nitrogens with one attached hydrogen (secondary N) is 1. The summed E-state index contributed by atoms with van der Waals surface area (Å²) >= 11 is 2.80. The molecule has 0 aromatic carbocycles. The van der Waals surface area contributed by atoms with Crippen LogP contribution in [-0.4, -0.2) is 23.7 Å². The highest BCUT2D eigenvalue weighted by atomic mass is 79.9. The van der Waals surface area contributed by atoms with Crippen molar-refractivity contribution in [3.05, 3.63) is 0 Å². The topological polar surface area (TPSA) is 49.3 Å². The van der Waals surface area contributed by atoms with E-state index in [2.05, 4.69) is 32.0 Å². The van der Waals surface area contributed by atoms with Gasteiger partial charge in [0.1, 0.15) is 0 Å². The first-order valence-corrected chi connectivity index (χ1v) is 4.06. The van der Waals surface area contributed by atoms with E-state index in [-0.39, 0.29) is 18.6 Å². The lowest BCUT2D eigenvalue weighted by Crippen LogP contribution is -2.35. The van der Waals surface area contributed by atoms with Crippen molar-refractivity contribution < 1.29 is 9.90 Å². The third kappa shape index (κ3) is 4.82. The van der Waals surface area contributed by atoms with E-state index < -0.39 is 0 Å². The van der Waals surface area contributed by atoms with Gasteiger partial charge < -0.3 is 10.4 Å². The summed E-state index contributed by atoms with van der Waals surface area (Å²) < 4.78 is 0. The van der Waals surface area contributed by atoms with Gasteiger partial charge in [-0.25, -0.2) is 0 Å². The second kappa shape index (κ2) is 6.20. The Balaban J connectivity index is 3.78. The molecule has 3 nitrogen and oxygen atoms in total. The standard InChI is InChI=1S/C7H10BrNO2/c1-2-6(5-10)9-7(11)3-4-8/h6,10H,2,5H2,1H3,(H,9,11)/t6-/m1/s1. The first kappa shape index (κ1) is 10.5. The van der Waals surface area contributed by atoms with E-state index in [9.17, 15) is 4.79 Å². The lowest BCUT2D eigenvalue weighted by molar-refractivity contribution is -0.116. The van der Waals surface area contributed by atoms with Crippen LogP contribution >= 0.6 is 15.9 Å². The summed E-state index contributed by atoms with van der Waals surface area (Å²) in [5.41, 5.74) is 0. The number of aliphatic hydroxyl groups excluding tert-OH is 1. The molecule has 0 fully saturated rings. The summed E-state index contributed by atoms with van der Waals surface area (Å²) in [7, 11) is 0. The van der Waals surface area contributed by atoms with Crippen LogP contribution in [0.3, 0.4) is 0 Å². The minimum atomic E-state index is -0.372. The molecule has 0 heterocycles. The molecule has 1 atom stereocenters. The Kier molecular flexibility index (Phi) is 5.90. The van der Waals surface area contributed by atoms with Crippen LogP contribution in [0.5, 0.6) is 0 Å². The predicted molar refractivity (Wildman–Crippen MR) is 46.0 cm³/mol. The van der Waals surface area contributed by atoms with Gasteiger partial charge in [-0.1, -0.05) is 6.92 Å². The third-order valence-corrected chi connectivity index (χ3v) is 1.41. The molecule has 0 saturated carbocycles. The van der Waals surface area contributed by atoms with Gasteiger partial charge in [0, 0.05) is 21.9 Å². The Bertz CT molecular complexity index is 179. The molecule has 1 amide bonds. The van der Waals surface area contributed by atoms with Gasteiger partial charge >= 0.3 is 0 Å². The molecule has 0 saturated heterocycles. The van der Waals surface area contributed by atoms with Crippen LogP contribution in [0.25, 0.3) is 0 Å². The maximum absolute atomic E-state index is 10.7. The number of carbonyl (C=O) groups excluding carboxylic acids is 1. The van der Waals surface area contributed by atoms with Crippen LogP contribution in [0.1, 0.15) is 13.3 Å². The fraction of sp³-hybridized carbons (Fsp3) is 0.571. The minimum Gasteiger partial charge on any atom is -0.394 e. The average molecular weight is 220 g/mol. The van der Waals surface area contributed by atoms with Gasteiger partial charge in [0.05, 0.1) is 12.6 Å². The number of hydrogen-bond acceptors (Lipinski definition) is 2. The number of carbonyl (C=O) groups is 1. The van der Waals surface area contributed by atoms with E-state index in [1.54, 1.807) is 0 Å². The van der Waals surface area contributed by atoms with Crippen molar-refractivity contribution in [1.29, 1.82) is 0 Å². The van der Waals surface area contributed by atoms with Gasteiger partial charge in [-0.05, 0) is 11.3 Å². The van der Waals surface area contributed by atoms with Crippen molar-refractivity contribution in [1.82, 2.24) is 5.32 Å². The summed E-state index contributed by atoms with van der Waals surface area (Å²) in [5, 5.41) is 11.2. The lowest BCUT2D eigenvalue weighted by Gasteiger charge is -2.10. The van der Waals surface area contributed by atoms with Crippen LogP contribution in [0.4, 0.5) is 0 Å². The van der Waals surface area contributed by atoms with E-state index in [0.717, 1.165) is 0 Å². The fourth-order valence-electron chi connectivity index (χ4n) is 0.541. The quantitative estimate of drug-likeness (QED) is 0.669. The van der Waals surface area contributed by atoms with Crippen LogP contribution < -0.4 is 5.32 Å². The van der Waals surface area contributed by atoms with Crippen molar-refractivity contribution in [3.8, 4) is 10.8 Å². The Hall–Kier alpha value is -0.530. The minimum absolute atomic E-state index is 0.0494. The first-order valence-electron chi connectivity index (χ1n) is 3.27. The normalized spacial score (nSPS) is 11.2. The van der Waals surface area contributed by atoms with Gasteiger partial charge in [0.2, 0.25) is 0 Å². The van der Waals surface area contributed by atoms with Crippen molar-refractivity contribution in [2.45, 2.75) is 19.4 Å². The fourth-order valence-corrected chi connectivity index (χ4v) is 0.721. The number of aliphatic hydroxyl groups is 1. The summed E-state index contributed by atoms with van der Waals surface area (Å²) in [6.45, 7) is 1.83. The Labute approximate surface area is 74.3 Å².